The van der Waals surface area contributed by atoms with Gasteiger partial charge in [-0.2, -0.15) is 0 Å². The van der Waals surface area contributed by atoms with E-state index in [1.807, 2.05) is 0 Å². The van der Waals surface area contributed by atoms with Crippen molar-refractivity contribution in [3.63, 3.8) is 0 Å². The number of aliphatic hydroxyl groups excluding tert-OH is 6. The fourth-order valence-corrected chi connectivity index (χ4v) is 5.08. The molecule has 2 aliphatic rings. The molecule has 2 fully saturated rings. The molecule has 0 amide bonds. The number of unbranched alkanes of at least 4 members (excludes halogenated alkanes) is 10. The Morgan fingerprint density at radius 1 is 0.513 bits per heavy atom. The van der Waals surface area contributed by atoms with E-state index in [1.165, 1.54) is 12.8 Å². The molecule has 0 bridgehead atoms. The van der Waals surface area contributed by atoms with Crippen molar-refractivity contribution in [3.8, 4) is 0 Å². The summed E-state index contributed by atoms with van der Waals surface area (Å²) in [6, 6.07) is 0. The highest BCUT2D eigenvalue weighted by molar-refractivity contribution is 4.93. The van der Waals surface area contributed by atoms with Crippen LogP contribution >= 0.6 is 0 Å². The first kappa shape index (κ1) is 34.8. The SMILES string of the molecule is CCCCCCCCO[C@H]1[C@@H](O)[C@@H](O)[C@@H](OC2O[C@H](CO)[C@@H](OCCCCCCCC)[C@H](O)[C@H]2O)O[C@@H]1CO. The van der Waals surface area contributed by atoms with Crippen LogP contribution in [0.1, 0.15) is 90.9 Å². The zero-order chi connectivity index (χ0) is 28.6. The molecule has 2 rings (SSSR count). The lowest BCUT2D eigenvalue weighted by atomic mass is 9.97. The molecule has 2 aliphatic heterocycles. The molecule has 0 radical (unpaired) electrons. The predicted molar refractivity (Wildman–Crippen MR) is 143 cm³/mol. The van der Waals surface area contributed by atoms with E-state index in [1.54, 1.807) is 0 Å². The van der Waals surface area contributed by atoms with Gasteiger partial charge in [0.15, 0.2) is 12.6 Å². The molecular formula is C28H54O11. The van der Waals surface area contributed by atoms with Gasteiger partial charge in [0.25, 0.3) is 0 Å². The maximum Gasteiger partial charge on any atom is 0.189 e. The molecule has 232 valence electrons. The minimum atomic E-state index is -1.57. The molecule has 0 aliphatic carbocycles. The summed E-state index contributed by atoms with van der Waals surface area (Å²) in [7, 11) is 0. The summed E-state index contributed by atoms with van der Waals surface area (Å²) in [4.78, 5) is 0. The molecule has 6 N–H and O–H groups in total. The number of hydrogen-bond donors (Lipinski definition) is 6. The van der Waals surface area contributed by atoms with Crippen LogP contribution in [0, 0.1) is 0 Å². The van der Waals surface area contributed by atoms with Crippen LogP contribution in [0.25, 0.3) is 0 Å². The second kappa shape index (κ2) is 19.6. The number of rotatable bonds is 20. The highest BCUT2D eigenvalue weighted by atomic mass is 16.8. The van der Waals surface area contributed by atoms with Crippen molar-refractivity contribution >= 4 is 0 Å². The molecule has 2 saturated heterocycles. The summed E-state index contributed by atoms with van der Waals surface area (Å²) in [5.41, 5.74) is 0. The van der Waals surface area contributed by atoms with Crippen molar-refractivity contribution in [1.82, 2.24) is 0 Å². The van der Waals surface area contributed by atoms with E-state index >= 15 is 0 Å². The first-order valence-electron chi connectivity index (χ1n) is 15.0. The van der Waals surface area contributed by atoms with Gasteiger partial charge in [-0.15, -0.1) is 0 Å². The van der Waals surface area contributed by atoms with E-state index in [-0.39, 0.29) is 0 Å². The predicted octanol–water partition coefficient (Wildman–Crippen LogP) is 1.37. The summed E-state index contributed by atoms with van der Waals surface area (Å²) in [6.07, 6.45) is -0.0605. The third-order valence-electron chi connectivity index (χ3n) is 7.53. The normalized spacial score (nSPS) is 35.4. The molecule has 1 unspecified atom stereocenters. The smallest absolute Gasteiger partial charge is 0.189 e. The second-order valence-corrected chi connectivity index (χ2v) is 10.8. The Morgan fingerprint density at radius 2 is 0.872 bits per heavy atom. The van der Waals surface area contributed by atoms with Crippen molar-refractivity contribution in [2.24, 2.45) is 0 Å². The van der Waals surface area contributed by atoms with E-state index in [2.05, 4.69) is 13.8 Å². The summed E-state index contributed by atoms with van der Waals surface area (Å²) < 4.78 is 28.5. The topological polar surface area (TPSA) is 168 Å². The van der Waals surface area contributed by atoms with Crippen LogP contribution in [0.5, 0.6) is 0 Å². The van der Waals surface area contributed by atoms with Gasteiger partial charge >= 0.3 is 0 Å². The Morgan fingerprint density at radius 3 is 1.23 bits per heavy atom. The van der Waals surface area contributed by atoms with Crippen LogP contribution in [-0.4, -0.2) is 118 Å². The van der Waals surface area contributed by atoms with Gasteiger partial charge in [-0.1, -0.05) is 78.1 Å². The number of hydrogen-bond acceptors (Lipinski definition) is 11. The molecule has 10 atom stereocenters. The van der Waals surface area contributed by atoms with E-state index < -0.39 is 74.6 Å². The second-order valence-electron chi connectivity index (χ2n) is 10.8. The summed E-state index contributed by atoms with van der Waals surface area (Å²) >= 11 is 0. The third kappa shape index (κ3) is 11.1. The Bertz CT molecular complexity index is 558. The van der Waals surface area contributed by atoms with Crippen molar-refractivity contribution in [1.29, 1.82) is 0 Å². The average molecular weight is 567 g/mol. The molecule has 11 nitrogen and oxygen atoms in total. The standard InChI is InChI=1S/C28H54O11/c1-3-5-7-9-11-13-15-35-25-19(17-29)37-27(23(33)21(25)31)39-28-24(34)22(32)26(20(18-30)38-28)36-16-14-12-10-8-6-4-2/h19-34H,3-18H2,1-2H3/t19-,20-,21-,22+,23-,24-,25-,26-,27?,28-/m1/s1. The quantitative estimate of drug-likeness (QED) is 0.118. The molecule has 0 saturated carbocycles. The van der Waals surface area contributed by atoms with E-state index in [4.69, 9.17) is 23.7 Å². The van der Waals surface area contributed by atoms with Crippen molar-refractivity contribution in [3.05, 3.63) is 0 Å². The van der Waals surface area contributed by atoms with Gasteiger partial charge in [0.1, 0.15) is 48.8 Å². The average Bonchev–Trinajstić information content (AvgIpc) is 2.94. The van der Waals surface area contributed by atoms with Gasteiger partial charge in [-0.25, -0.2) is 0 Å². The molecule has 0 spiro atoms. The molecule has 0 aromatic rings. The van der Waals surface area contributed by atoms with E-state index in [0.29, 0.717) is 13.2 Å². The minimum Gasteiger partial charge on any atom is -0.394 e. The fraction of sp³-hybridized carbons (Fsp3) is 1.00. The zero-order valence-electron chi connectivity index (χ0n) is 23.8. The van der Waals surface area contributed by atoms with Crippen molar-refractivity contribution in [2.75, 3.05) is 26.4 Å². The van der Waals surface area contributed by atoms with Crippen LogP contribution in [0.2, 0.25) is 0 Å². The van der Waals surface area contributed by atoms with Crippen molar-refractivity contribution in [2.45, 2.75) is 152 Å². The van der Waals surface area contributed by atoms with Gasteiger partial charge in [0, 0.05) is 13.2 Å². The van der Waals surface area contributed by atoms with Crippen LogP contribution < -0.4 is 0 Å². The minimum absolute atomic E-state index is 0.348. The van der Waals surface area contributed by atoms with E-state index in [9.17, 15) is 30.6 Å². The lowest BCUT2D eigenvalue weighted by Crippen LogP contribution is -2.64. The molecule has 39 heavy (non-hydrogen) atoms. The highest BCUT2D eigenvalue weighted by Crippen LogP contribution is 2.30. The lowest BCUT2D eigenvalue weighted by molar-refractivity contribution is -0.380. The summed E-state index contributed by atoms with van der Waals surface area (Å²) in [5, 5.41) is 62.4. The largest absolute Gasteiger partial charge is 0.394 e. The number of aliphatic hydroxyl groups is 6. The maximum absolute atomic E-state index is 10.7. The first-order valence-corrected chi connectivity index (χ1v) is 15.0. The summed E-state index contributed by atoms with van der Waals surface area (Å²) in [5.74, 6) is 0. The molecule has 2 heterocycles. The number of ether oxygens (including phenoxy) is 5. The Kier molecular flexibility index (Phi) is 17.5. The molecular weight excluding hydrogens is 512 g/mol. The van der Waals surface area contributed by atoms with E-state index in [0.717, 1.165) is 64.2 Å². The zero-order valence-corrected chi connectivity index (χ0v) is 23.8. The van der Waals surface area contributed by atoms with Gasteiger partial charge in [-0.3, -0.25) is 0 Å². The molecule has 0 aromatic heterocycles. The monoisotopic (exact) mass is 566 g/mol. The lowest BCUT2D eigenvalue weighted by Gasteiger charge is -2.46. The Balaban J connectivity index is 1.85. The maximum atomic E-state index is 10.7. The molecule has 0 aromatic carbocycles. The fourth-order valence-electron chi connectivity index (χ4n) is 5.08. The van der Waals surface area contributed by atoms with Crippen molar-refractivity contribution < 1.29 is 54.3 Å². The van der Waals surface area contributed by atoms with Gasteiger partial charge in [0.2, 0.25) is 0 Å². The Hall–Kier alpha value is -0.440. The van der Waals surface area contributed by atoms with Gasteiger partial charge in [0.05, 0.1) is 13.2 Å². The van der Waals surface area contributed by atoms with Crippen LogP contribution in [0.4, 0.5) is 0 Å². The summed E-state index contributed by atoms with van der Waals surface area (Å²) in [6.45, 7) is 4.02. The van der Waals surface area contributed by atoms with Crippen LogP contribution in [0.15, 0.2) is 0 Å². The van der Waals surface area contributed by atoms with Crippen LogP contribution in [-0.2, 0) is 23.7 Å². The first-order chi connectivity index (χ1) is 18.9. The van der Waals surface area contributed by atoms with Crippen LogP contribution in [0.3, 0.4) is 0 Å². The third-order valence-corrected chi connectivity index (χ3v) is 7.53. The highest BCUT2D eigenvalue weighted by Gasteiger charge is 2.50. The van der Waals surface area contributed by atoms with Gasteiger partial charge < -0.3 is 54.3 Å². The van der Waals surface area contributed by atoms with Gasteiger partial charge in [-0.05, 0) is 12.8 Å². The Labute approximate surface area is 233 Å². The molecule has 11 heteroatoms.